The quantitative estimate of drug-likeness (QED) is 0.319. The maximum Gasteiger partial charge on any atom is 0.433 e. The summed E-state index contributed by atoms with van der Waals surface area (Å²) in [5, 5.41) is 11.1. The summed E-state index contributed by atoms with van der Waals surface area (Å²) in [5.74, 6) is -0.796. The lowest BCUT2D eigenvalue weighted by atomic mass is 10.1. The highest BCUT2D eigenvalue weighted by Gasteiger charge is 2.34. The Bertz CT molecular complexity index is 1280. The van der Waals surface area contributed by atoms with Gasteiger partial charge in [0.05, 0.1) is 5.69 Å². The minimum atomic E-state index is -4.75. The number of benzene rings is 3. The SMILES string of the molecule is Oc1cc(OCc2ccc(Cl)cc2)ccc1-c1cc(C(F)(F)F)nc(-c2ccc(F)cc2)n1. The summed E-state index contributed by atoms with van der Waals surface area (Å²) in [5.41, 5.74) is -0.221. The van der Waals surface area contributed by atoms with E-state index in [9.17, 15) is 22.7 Å². The highest BCUT2D eigenvalue weighted by Crippen LogP contribution is 2.36. The molecule has 33 heavy (non-hydrogen) atoms. The summed E-state index contributed by atoms with van der Waals surface area (Å²) in [6, 6.07) is 16.7. The second-order valence-electron chi connectivity index (χ2n) is 7.06. The lowest BCUT2D eigenvalue weighted by molar-refractivity contribution is -0.141. The molecular weight excluding hydrogens is 460 g/mol. The van der Waals surface area contributed by atoms with Crippen LogP contribution in [0.15, 0.2) is 72.8 Å². The second kappa shape index (κ2) is 9.07. The Morgan fingerprint density at radius 1 is 0.879 bits per heavy atom. The summed E-state index contributed by atoms with van der Waals surface area (Å²) in [7, 11) is 0. The molecular formula is C24H15ClF4N2O2. The number of aromatic nitrogens is 2. The molecule has 4 nitrogen and oxygen atoms in total. The van der Waals surface area contributed by atoms with Crippen molar-refractivity contribution in [2.24, 2.45) is 0 Å². The average molecular weight is 475 g/mol. The molecule has 0 aliphatic rings. The van der Waals surface area contributed by atoms with Gasteiger partial charge in [-0.2, -0.15) is 13.2 Å². The van der Waals surface area contributed by atoms with E-state index in [1.165, 1.54) is 30.3 Å². The van der Waals surface area contributed by atoms with Crippen LogP contribution in [0.2, 0.25) is 5.02 Å². The number of alkyl halides is 3. The zero-order valence-electron chi connectivity index (χ0n) is 16.8. The van der Waals surface area contributed by atoms with Crippen molar-refractivity contribution in [3.63, 3.8) is 0 Å². The lowest BCUT2D eigenvalue weighted by Gasteiger charge is -2.13. The van der Waals surface area contributed by atoms with Gasteiger partial charge in [-0.25, -0.2) is 14.4 Å². The van der Waals surface area contributed by atoms with Gasteiger partial charge >= 0.3 is 6.18 Å². The van der Waals surface area contributed by atoms with Gasteiger partial charge in [-0.1, -0.05) is 23.7 Å². The number of rotatable bonds is 5. The molecule has 0 aliphatic heterocycles. The molecule has 1 aromatic heterocycles. The summed E-state index contributed by atoms with van der Waals surface area (Å²) in [6.45, 7) is 0.205. The van der Waals surface area contributed by atoms with Crippen molar-refractivity contribution in [3.8, 4) is 34.1 Å². The Kier molecular flexibility index (Phi) is 6.20. The highest BCUT2D eigenvalue weighted by molar-refractivity contribution is 6.30. The molecule has 0 bridgehead atoms. The van der Waals surface area contributed by atoms with Crippen molar-refractivity contribution in [3.05, 3.63) is 94.9 Å². The maximum absolute atomic E-state index is 13.5. The number of ether oxygens (including phenoxy) is 1. The topological polar surface area (TPSA) is 55.2 Å². The first-order valence-electron chi connectivity index (χ1n) is 9.62. The fraction of sp³-hybridized carbons (Fsp3) is 0.0833. The third-order valence-electron chi connectivity index (χ3n) is 4.68. The molecule has 168 valence electrons. The highest BCUT2D eigenvalue weighted by atomic mass is 35.5. The van der Waals surface area contributed by atoms with Crippen LogP contribution in [0.4, 0.5) is 17.6 Å². The first-order valence-corrected chi connectivity index (χ1v) is 10.00. The lowest BCUT2D eigenvalue weighted by Crippen LogP contribution is -2.10. The Hall–Kier alpha value is -3.65. The van der Waals surface area contributed by atoms with Crippen LogP contribution in [-0.2, 0) is 12.8 Å². The zero-order valence-corrected chi connectivity index (χ0v) is 17.5. The van der Waals surface area contributed by atoms with Crippen LogP contribution in [0, 0.1) is 5.82 Å². The van der Waals surface area contributed by atoms with Crippen LogP contribution in [-0.4, -0.2) is 15.1 Å². The monoisotopic (exact) mass is 474 g/mol. The molecule has 4 aromatic rings. The molecule has 0 atom stereocenters. The van der Waals surface area contributed by atoms with Crippen LogP contribution in [0.3, 0.4) is 0 Å². The normalized spacial score (nSPS) is 11.4. The second-order valence-corrected chi connectivity index (χ2v) is 7.50. The molecule has 0 saturated carbocycles. The Morgan fingerprint density at radius 3 is 2.21 bits per heavy atom. The first-order chi connectivity index (χ1) is 15.7. The molecule has 1 N–H and O–H groups in total. The third-order valence-corrected chi connectivity index (χ3v) is 4.93. The van der Waals surface area contributed by atoms with Gasteiger partial charge in [-0.3, -0.25) is 0 Å². The van der Waals surface area contributed by atoms with E-state index < -0.39 is 17.7 Å². The van der Waals surface area contributed by atoms with E-state index in [0.29, 0.717) is 10.8 Å². The molecule has 0 spiro atoms. The van der Waals surface area contributed by atoms with E-state index in [-0.39, 0.29) is 35.0 Å². The smallest absolute Gasteiger partial charge is 0.433 e. The summed E-state index contributed by atoms with van der Waals surface area (Å²) >= 11 is 5.85. The van der Waals surface area contributed by atoms with E-state index in [4.69, 9.17) is 16.3 Å². The minimum absolute atomic E-state index is 0.0603. The van der Waals surface area contributed by atoms with Gasteiger partial charge in [-0.05, 0) is 60.2 Å². The minimum Gasteiger partial charge on any atom is -0.507 e. The van der Waals surface area contributed by atoms with E-state index in [1.807, 2.05) is 0 Å². The van der Waals surface area contributed by atoms with Crippen molar-refractivity contribution in [1.29, 1.82) is 0 Å². The number of hydrogen-bond donors (Lipinski definition) is 1. The zero-order chi connectivity index (χ0) is 23.6. The molecule has 9 heteroatoms. The predicted octanol–water partition coefficient (Wildman–Crippen LogP) is 6.91. The van der Waals surface area contributed by atoms with E-state index in [2.05, 4.69) is 9.97 Å². The third kappa shape index (κ3) is 5.40. The number of phenolic OH excluding ortho intramolecular Hbond substituents is 1. The molecule has 4 rings (SSSR count). The van der Waals surface area contributed by atoms with Crippen LogP contribution >= 0.6 is 11.6 Å². The molecule has 0 aliphatic carbocycles. The molecule has 1 heterocycles. The first kappa shape index (κ1) is 22.5. The van der Waals surface area contributed by atoms with Crippen LogP contribution in [0.5, 0.6) is 11.5 Å². The number of phenols is 1. The molecule has 0 fully saturated rings. The fourth-order valence-electron chi connectivity index (χ4n) is 3.02. The Labute approximate surface area is 191 Å². The van der Waals surface area contributed by atoms with E-state index >= 15 is 0 Å². The molecule has 3 aromatic carbocycles. The Balaban J connectivity index is 1.66. The van der Waals surface area contributed by atoms with Crippen molar-refractivity contribution in [2.45, 2.75) is 12.8 Å². The van der Waals surface area contributed by atoms with E-state index in [1.54, 1.807) is 24.3 Å². The molecule has 0 radical (unpaired) electrons. The van der Waals surface area contributed by atoms with Crippen LogP contribution < -0.4 is 4.74 Å². The molecule has 0 unspecified atom stereocenters. The number of nitrogens with zero attached hydrogens (tertiary/aromatic N) is 2. The number of aromatic hydroxyl groups is 1. The van der Waals surface area contributed by atoms with Gasteiger partial charge in [0.2, 0.25) is 0 Å². The molecule has 0 saturated heterocycles. The molecule has 0 amide bonds. The Morgan fingerprint density at radius 2 is 1.58 bits per heavy atom. The van der Waals surface area contributed by atoms with Gasteiger partial charge in [0.1, 0.15) is 29.6 Å². The van der Waals surface area contributed by atoms with Crippen LogP contribution in [0.25, 0.3) is 22.6 Å². The summed E-state index contributed by atoms with van der Waals surface area (Å²) < 4.78 is 59.2. The number of halogens is 5. The van der Waals surface area contributed by atoms with Crippen molar-refractivity contribution < 1.29 is 27.4 Å². The van der Waals surface area contributed by atoms with Gasteiger partial charge in [-0.15, -0.1) is 0 Å². The van der Waals surface area contributed by atoms with Crippen molar-refractivity contribution in [1.82, 2.24) is 9.97 Å². The van der Waals surface area contributed by atoms with Crippen LogP contribution in [0.1, 0.15) is 11.3 Å². The summed E-state index contributed by atoms with van der Waals surface area (Å²) in [4.78, 5) is 7.73. The van der Waals surface area contributed by atoms with Gasteiger partial charge in [0.15, 0.2) is 5.82 Å². The van der Waals surface area contributed by atoms with Gasteiger partial charge < -0.3 is 9.84 Å². The average Bonchev–Trinajstić information content (AvgIpc) is 2.78. The standard InChI is InChI=1S/C24H15ClF4N2O2/c25-16-5-1-14(2-6-16)13-33-18-9-10-19(21(32)11-18)20-12-22(24(27,28)29)31-23(30-20)15-3-7-17(26)8-4-15/h1-12,32H,13H2. The fourth-order valence-corrected chi connectivity index (χ4v) is 3.15. The number of hydrogen-bond acceptors (Lipinski definition) is 4. The van der Waals surface area contributed by atoms with Gasteiger partial charge in [0.25, 0.3) is 0 Å². The van der Waals surface area contributed by atoms with E-state index in [0.717, 1.165) is 23.8 Å². The van der Waals surface area contributed by atoms with Gasteiger partial charge in [0, 0.05) is 22.2 Å². The van der Waals surface area contributed by atoms with Crippen molar-refractivity contribution >= 4 is 11.6 Å². The summed E-state index contributed by atoms with van der Waals surface area (Å²) in [6.07, 6.45) is -4.75. The predicted molar refractivity (Wildman–Crippen MR) is 115 cm³/mol. The van der Waals surface area contributed by atoms with Crippen molar-refractivity contribution in [2.75, 3.05) is 0 Å². The maximum atomic E-state index is 13.5. The largest absolute Gasteiger partial charge is 0.507 e.